The van der Waals surface area contributed by atoms with Crippen LogP contribution in [0.5, 0.6) is 0 Å². The van der Waals surface area contributed by atoms with Gasteiger partial charge in [-0.05, 0) is 24.8 Å². The van der Waals surface area contributed by atoms with Gasteiger partial charge >= 0.3 is 6.03 Å². The molecule has 1 fully saturated rings. The first-order valence-electron chi connectivity index (χ1n) is 7.56. The molecule has 0 aliphatic heterocycles. The van der Waals surface area contributed by atoms with Gasteiger partial charge in [-0.1, -0.05) is 31.2 Å². The third kappa shape index (κ3) is 5.55. The summed E-state index contributed by atoms with van der Waals surface area (Å²) in [6, 6.07) is 8.32. The lowest BCUT2D eigenvalue weighted by molar-refractivity contribution is -0.885. The Morgan fingerprint density at radius 3 is 2.38 bits per heavy atom. The number of quaternary nitrogens is 1. The highest BCUT2D eigenvalue weighted by molar-refractivity contribution is 5.94. The van der Waals surface area contributed by atoms with Crippen molar-refractivity contribution in [3.63, 3.8) is 0 Å². The molecule has 2 rings (SSSR count). The highest BCUT2D eigenvalue weighted by Gasteiger charge is 2.24. The zero-order valence-corrected chi connectivity index (χ0v) is 12.7. The van der Waals surface area contributed by atoms with Gasteiger partial charge in [0.25, 0.3) is 5.91 Å². The summed E-state index contributed by atoms with van der Waals surface area (Å²) in [6.45, 7) is 3.18. The van der Waals surface area contributed by atoms with Crippen LogP contribution in [0, 0.1) is 0 Å². The molecule has 5 nitrogen and oxygen atoms in total. The third-order valence-electron chi connectivity index (χ3n) is 3.56. The van der Waals surface area contributed by atoms with Crippen LogP contribution in [0.15, 0.2) is 24.3 Å². The van der Waals surface area contributed by atoms with Gasteiger partial charge in [-0.15, -0.1) is 0 Å². The number of benzene rings is 1. The number of hydrogen-bond donors (Lipinski definition) is 3. The minimum atomic E-state index is -0.373. The minimum absolute atomic E-state index is 0.240. The largest absolute Gasteiger partial charge is 0.335 e. The smallest absolute Gasteiger partial charge is 0.321 e. The molecule has 3 amide bonds. The summed E-state index contributed by atoms with van der Waals surface area (Å²) in [5, 5.41) is 5.12. The number of carbonyl (C=O) groups is 2. The fourth-order valence-electron chi connectivity index (χ4n) is 2.20. The van der Waals surface area contributed by atoms with Crippen LogP contribution in [0.3, 0.4) is 0 Å². The Morgan fingerprint density at radius 1 is 1.19 bits per heavy atom. The number of likely N-dealkylation sites (N-methyl/N-ethyl adjacent to an activating group) is 1. The van der Waals surface area contributed by atoms with Gasteiger partial charge in [0, 0.05) is 11.6 Å². The first kappa shape index (κ1) is 15.5. The Kier molecular flexibility index (Phi) is 5.33. The maximum absolute atomic E-state index is 11.8. The molecule has 1 unspecified atom stereocenters. The number of hydrogen-bond acceptors (Lipinski definition) is 2. The maximum Gasteiger partial charge on any atom is 0.321 e. The van der Waals surface area contributed by atoms with E-state index in [1.807, 2.05) is 7.05 Å². The molecule has 1 aliphatic rings. The molecule has 0 saturated heterocycles. The molecular weight excluding hydrogens is 266 g/mol. The molecule has 1 aliphatic carbocycles. The third-order valence-corrected chi connectivity index (χ3v) is 3.56. The predicted octanol–water partition coefficient (Wildman–Crippen LogP) is 0.252. The van der Waals surface area contributed by atoms with E-state index in [4.69, 9.17) is 0 Å². The van der Waals surface area contributed by atoms with Crippen LogP contribution in [0.1, 0.15) is 30.9 Å². The van der Waals surface area contributed by atoms with Crippen LogP contribution < -0.4 is 15.5 Å². The Hall–Kier alpha value is -1.88. The molecule has 0 aromatic heterocycles. The molecule has 3 N–H and O–H groups in total. The quantitative estimate of drug-likeness (QED) is 0.703. The molecule has 21 heavy (non-hydrogen) atoms. The van der Waals surface area contributed by atoms with E-state index in [1.54, 1.807) is 0 Å². The van der Waals surface area contributed by atoms with Crippen molar-refractivity contribution in [3.8, 4) is 0 Å². The first-order valence-corrected chi connectivity index (χ1v) is 7.56. The highest BCUT2D eigenvalue weighted by atomic mass is 16.2. The summed E-state index contributed by atoms with van der Waals surface area (Å²) in [7, 11) is 1.95. The van der Waals surface area contributed by atoms with Gasteiger partial charge in [0.05, 0.1) is 7.05 Å². The van der Waals surface area contributed by atoms with Gasteiger partial charge in [-0.3, -0.25) is 10.1 Å². The van der Waals surface area contributed by atoms with Crippen molar-refractivity contribution in [2.45, 2.75) is 38.8 Å². The van der Waals surface area contributed by atoms with Crippen molar-refractivity contribution in [3.05, 3.63) is 35.4 Å². The van der Waals surface area contributed by atoms with Gasteiger partial charge < -0.3 is 10.2 Å². The zero-order chi connectivity index (χ0) is 15.2. The fourth-order valence-corrected chi connectivity index (χ4v) is 2.20. The lowest BCUT2D eigenvalue weighted by atomic mass is 10.1. The molecular formula is C16H24N3O2+. The molecule has 0 spiro atoms. The van der Waals surface area contributed by atoms with Gasteiger partial charge in [-0.2, -0.15) is 0 Å². The Labute approximate surface area is 125 Å². The number of aryl methyl sites for hydroxylation is 1. The summed E-state index contributed by atoms with van der Waals surface area (Å²) in [6.07, 6.45) is 3.06. The zero-order valence-electron chi connectivity index (χ0n) is 12.7. The van der Waals surface area contributed by atoms with Crippen LogP contribution in [-0.2, 0) is 17.8 Å². The molecule has 1 saturated carbocycles. The van der Waals surface area contributed by atoms with Crippen molar-refractivity contribution >= 4 is 11.9 Å². The van der Waals surface area contributed by atoms with Crippen molar-refractivity contribution in [1.29, 1.82) is 0 Å². The summed E-state index contributed by atoms with van der Waals surface area (Å²) < 4.78 is 0. The van der Waals surface area contributed by atoms with Crippen molar-refractivity contribution in [2.24, 2.45) is 0 Å². The average Bonchev–Trinajstić information content (AvgIpc) is 3.22. The minimum Gasteiger partial charge on any atom is -0.335 e. The molecule has 1 aromatic carbocycles. The highest BCUT2D eigenvalue weighted by Crippen LogP contribution is 2.18. The predicted molar refractivity (Wildman–Crippen MR) is 81.0 cm³/mol. The van der Waals surface area contributed by atoms with E-state index in [1.165, 1.54) is 11.1 Å². The molecule has 0 heterocycles. The SMILES string of the molecule is CCc1ccc(C[NH+](C)CC(=O)NC(=O)NC2CC2)cc1. The summed E-state index contributed by atoms with van der Waals surface area (Å²) >= 11 is 0. The maximum atomic E-state index is 11.8. The lowest BCUT2D eigenvalue weighted by Crippen LogP contribution is -3.09. The van der Waals surface area contributed by atoms with Gasteiger partial charge in [0.1, 0.15) is 6.54 Å². The number of imide groups is 1. The van der Waals surface area contributed by atoms with E-state index in [0.29, 0.717) is 0 Å². The Bertz CT molecular complexity index is 495. The molecule has 114 valence electrons. The Balaban J connectivity index is 1.73. The van der Waals surface area contributed by atoms with Crippen LogP contribution >= 0.6 is 0 Å². The summed E-state index contributed by atoms with van der Waals surface area (Å²) in [5.41, 5.74) is 2.51. The second-order valence-electron chi connectivity index (χ2n) is 5.78. The van der Waals surface area contributed by atoms with E-state index in [9.17, 15) is 9.59 Å². The molecule has 0 radical (unpaired) electrons. The van der Waals surface area contributed by atoms with Crippen LogP contribution in [0.25, 0.3) is 0 Å². The van der Waals surface area contributed by atoms with Gasteiger partial charge in [0.15, 0.2) is 6.54 Å². The van der Waals surface area contributed by atoms with Crippen molar-refractivity contribution in [2.75, 3.05) is 13.6 Å². The number of carbonyl (C=O) groups excluding carboxylic acids is 2. The second kappa shape index (κ2) is 7.22. The molecule has 1 atom stereocenters. The summed E-state index contributed by atoms with van der Waals surface area (Å²) in [5.74, 6) is -0.240. The molecule has 1 aromatic rings. The van der Waals surface area contributed by atoms with Crippen LogP contribution in [-0.4, -0.2) is 31.6 Å². The monoisotopic (exact) mass is 290 g/mol. The number of urea groups is 1. The van der Waals surface area contributed by atoms with Crippen LogP contribution in [0.2, 0.25) is 0 Å². The fraction of sp³-hybridized carbons (Fsp3) is 0.500. The average molecular weight is 290 g/mol. The Morgan fingerprint density at radius 2 is 1.81 bits per heavy atom. The van der Waals surface area contributed by atoms with Gasteiger partial charge in [0.2, 0.25) is 0 Å². The van der Waals surface area contributed by atoms with E-state index < -0.39 is 0 Å². The van der Waals surface area contributed by atoms with E-state index in [-0.39, 0.29) is 24.5 Å². The van der Waals surface area contributed by atoms with Crippen LogP contribution in [0.4, 0.5) is 4.79 Å². The normalized spacial score (nSPS) is 15.3. The van der Waals surface area contributed by atoms with E-state index >= 15 is 0 Å². The number of nitrogens with one attached hydrogen (secondary N) is 3. The number of rotatable bonds is 6. The van der Waals surface area contributed by atoms with Crippen molar-refractivity contribution in [1.82, 2.24) is 10.6 Å². The van der Waals surface area contributed by atoms with E-state index in [2.05, 4.69) is 41.8 Å². The standard InChI is InChI=1S/C16H23N3O2/c1-3-12-4-6-13(7-5-12)10-19(2)11-15(20)18-16(21)17-14-8-9-14/h4-7,14H,3,8-11H2,1-2H3,(H2,17,18,20,21)/p+1. The topological polar surface area (TPSA) is 62.6 Å². The first-order chi connectivity index (χ1) is 10.1. The molecule has 5 heteroatoms. The lowest BCUT2D eigenvalue weighted by Gasteiger charge is -2.14. The number of amides is 3. The van der Waals surface area contributed by atoms with Gasteiger partial charge in [-0.25, -0.2) is 4.79 Å². The summed E-state index contributed by atoms with van der Waals surface area (Å²) in [4.78, 5) is 24.3. The molecule has 0 bridgehead atoms. The van der Waals surface area contributed by atoms with E-state index in [0.717, 1.165) is 30.7 Å². The van der Waals surface area contributed by atoms with Crippen molar-refractivity contribution < 1.29 is 14.5 Å². The second-order valence-corrected chi connectivity index (χ2v) is 5.78.